The number of carbonyl (C=O) groups excluding carboxylic acids is 1. The Hall–Kier alpha value is -0.770. The molecule has 0 aromatic heterocycles. The van der Waals surface area contributed by atoms with Crippen LogP contribution in [-0.4, -0.2) is 62.3 Å². The number of morpholine rings is 1. The lowest BCUT2D eigenvalue weighted by Gasteiger charge is -2.29. The average Bonchev–Trinajstić information content (AvgIpc) is 2.26. The lowest BCUT2D eigenvalue weighted by atomic mass is 10.3. The standard InChI is InChI=1S/C9H17N3O4S2/c1-7(11-18(14,15)6-8(10)17)9(13)12-2-4-16-5-3-12/h7,11H,2-6H2,1H3,(H2,10,17). The summed E-state index contributed by atoms with van der Waals surface area (Å²) < 4.78 is 30.5. The van der Waals surface area contributed by atoms with Crippen LogP contribution in [-0.2, 0) is 19.6 Å². The Kier molecular flexibility index (Phi) is 5.45. The van der Waals surface area contributed by atoms with E-state index >= 15 is 0 Å². The maximum absolute atomic E-state index is 11.9. The van der Waals surface area contributed by atoms with E-state index in [1.807, 2.05) is 0 Å². The fourth-order valence-corrected chi connectivity index (χ4v) is 3.17. The number of carbonyl (C=O) groups is 1. The molecule has 1 unspecified atom stereocenters. The highest BCUT2D eigenvalue weighted by Gasteiger charge is 2.26. The van der Waals surface area contributed by atoms with E-state index in [2.05, 4.69) is 16.9 Å². The van der Waals surface area contributed by atoms with Gasteiger partial charge in [-0.3, -0.25) is 4.79 Å². The molecule has 0 bridgehead atoms. The van der Waals surface area contributed by atoms with Gasteiger partial charge in [-0.15, -0.1) is 0 Å². The second-order valence-corrected chi connectivity index (χ2v) is 6.28. The Morgan fingerprint density at radius 2 is 2.06 bits per heavy atom. The molecule has 0 saturated carbocycles. The first-order valence-corrected chi connectivity index (χ1v) is 7.53. The van der Waals surface area contributed by atoms with Gasteiger partial charge in [-0.2, -0.15) is 0 Å². The Morgan fingerprint density at radius 1 is 1.50 bits per heavy atom. The SMILES string of the molecule is CC(NS(=O)(=O)CC(N)=S)C(=O)N1CCOCC1. The third-order valence-electron chi connectivity index (χ3n) is 2.38. The van der Waals surface area contributed by atoms with Crippen molar-refractivity contribution in [2.45, 2.75) is 13.0 Å². The molecule has 1 saturated heterocycles. The van der Waals surface area contributed by atoms with Crippen molar-refractivity contribution < 1.29 is 17.9 Å². The molecule has 18 heavy (non-hydrogen) atoms. The summed E-state index contributed by atoms with van der Waals surface area (Å²) in [5.41, 5.74) is 5.17. The van der Waals surface area contributed by atoms with Crippen LogP contribution in [0.4, 0.5) is 0 Å². The van der Waals surface area contributed by atoms with Crippen LogP contribution in [0.5, 0.6) is 0 Å². The first kappa shape index (κ1) is 15.3. The fourth-order valence-electron chi connectivity index (χ4n) is 1.61. The summed E-state index contributed by atoms with van der Waals surface area (Å²) in [6.45, 7) is 3.38. The van der Waals surface area contributed by atoms with Gasteiger partial charge >= 0.3 is 0 Å². The Labute approximate surface area is 112 Å². The zero-order chi connectivity index (χ0) is 13.8. The monoisotopic (exact) mass is 295 g/mol. The lowest BCUT2D eigenvalue weighted by molar-refractivity contribution is -0.136. The molecule has 1 heterocycles. The van der Waals surface area contributed by atoms with E-state index in [0.29, 0.717) is 26.3 Å². The third-order valence-corrected chi connectivity index (χ3v) is 4.11. The van der Waals surface area contributed by atoms with Crippen molar-refractivity contribution in [2.75, 3.05) is 32.1 Å². The zero-order valence-corrected chi connectivity index (χ0v) is 11.7. The first-order valence-electron chi connectivity index (χ1n) is 5.46. The molecular formula is C9H17N3O4S2. The van der Waals surface area contributed by atoms with Crippen LogP contribution >= 0.6 is 12.2 Å². The van der Waals surface area contributed by atoms with Crippen LogP contribution in [0.2, 0.25) is 0 Å². The number of nitrogens with one attached hydrogen (secondary N) is 1. The number of nitrogens with two attached hydrogens (primary N) is 1. The van der Waals surface area contributed by atoms with Crippen molar-refractivity contribution >= 4 is 33.1 Å². The van der Waals surface area contributed by atoms with Crippen molar-refractivity contribution in [3.05, 3.63) is 0 Å². The van der Waals surface area contributed by atoms with Gasteiger partial charge in [-0.05, 0) is 6.92 Å². The van der Waals surface area contributed by atoms with Crippen molar-refractivity contribution in [3.63, 3.8) is 0 Å². The quantitative estimate of drug-likeness (QED) is 0.595. The van der Waals surface area contributed by atoms with E-state index in [0.717, 1.165) is 0 Å². The molecule has 1 fully saturated rings. The summed E-state index contributed by atoms with van der Waals surface area (Å²) in [7, 11) is -3.66. The van der Waals surface area contributed by atoms with E-state index < -0.39 is 21.8 Å². The Balaban J connectivity index is 2.56. The largest absolute Gasteiger partial charge is 0.392 e. The number of amides is 1. The summed E-state index contributed by atoms with van der Waals surface area (Å²) in [6.07, 6.45) is 0. The van der Waals surface area contributed by atoms with E-state index in [1.54, 1.807) is 4.90 Å². The second kappa shape index (κ2) is 6.41. The van der Waals surface area contributed by atoms with Crippen molar-refractivity contribution in [2.24, 2.45) is 5.73 Å². The number of ether oxygens (including phenoxy) is 1. The molecule has 1 aliphatic rings. The van der Waals surface area contributed by atoms with E-state index in [-0.39, 0.29) is 10.9 Å². The zero-order valence-electron chi connectivity index (χ0n) is 10.1. The van der Waals surface area contributed by atoms with Gasteiger partial charge in [-0.1, -0.05) is 12.2 Å². The van der Waals surface area contributed by atoms with Crippen LogP contribution in [0.1, 0.15) is 6.92 Å². The Bertz CT molecular complexity index is 418. The molecule has 0 spiro atoms. The van der Waals surface area contributed by atoms with Gasteiger partial charge in [0.05, 0.1) is 24.2 Å². The third kappa shape index (κ3) is 4.84. The highest BCUT2D eigenvalue weighted by molar-refractivity contribution is 7.92. The van der Waals surface area contributed by atoms with Crippen molar-refractivity contribution in [1.82, 2.24) is 9.62 Å². The molecule has 1 amide bonds. The number of hydrogen-bond donors (Lipinski definition) is 2. The van der Waals surface area contributed by atoms with Crippen LogP contribution in [0.3, 0.4) is 0 Å². The normalized spacial score (nSPS) is 18.4. The molecule has 0 aromatic carbocycles. The fraction of sp³-hybridized carbons (Fsp3) is 0.778. The summed E-state index contributed by atoms with van der Waals surface area (Å²) in [4.78, 5) is 13.4. The molecule has 3 N–H and O–H groups in total. The van der Waals surface area contributed by atoms with Gasteiger partial charge in [0.1, 0.15) is 5.75 Å². The van der Waals surface area contributed by atoms with Gasteiger partial charge in [-0.25, -0.2) is 13.1 Å². The minimum Gasteiger partial charge on any atom is -0.392 e. The number of hydrogen-bond acceptors (Lipinski definition) is 5. The van der Waals surface area contributed by atoms with Gasteiger partial charge in [0.15, 0.2) is 0 Å². The minimum absolute atomic E-state index is 0.131. The van der Waals surface area contributed by atoms with Crippen LogP contribution in [0.25, 0.3) is 0 Å². The topological polar surface area (TPSA) is 102 Å². The average molecular weight is 295 g/mol. The summed E-state index contributed by atoms with van der Waals surface area (Å²) in [5, 5.41) is 0. The van der Waals surface area contributed by atoms with E-state index in [9.17, 15) is 13.2 Å². The van der Waals surface area contributed by atoms with Crippen molar-refractivity contribution in [1.29, 1.82) is 0 Å². The van der Waals surface area contributed by atoms with Gasteiger partial charge in [0.2, 0.25) is 15.9 Å². The van der Waals surface area contributed by atoms with Crippen LogP contribution in [0, 0.1) is 0 Å². The molecule has 0 aliphatic carbocycles. The van der Waals surface area contributed by atoms with Gasteiger partial charge in [0, 0.05) is 13.1 Å². The highest BCUT2D eigenvalue weighted by Crippen LogP contribution is 2.01. The van der Waals surface area contributed by atoms with Crippen LogP contribution in [0.15, 0.2) is 0 Å². The first-order chi connectivity index (χ1) is 8.32. The predicted molar refractivity (Wildman–Crippen MR) is 70.6 cm³/mol. The Morgan fingerprint density at radius 3 is 2.56 bits per heavy atom. The number of thiocarbonyl (C=S) groups is 1. The molecule has 9 heteroatoms. The number of sulfonamides is 1. The highest BCUT2D eigenvalue weighted by atomic mass is 32.2. The van der Waals surface area contributed by atoms with E-state index in [1.165, 1.54) is 6.92 Å². The van der Waals surface area contributed by atoms with Crippen LogP contribution < -0.4 is 10.5 Å². The number of rotatable bonds is 5. The van der Waals surface area contributed by atoms with Gasteiger partial charge < -0.3 is 15.4 Å². The maximum Gasteiger partial charge on any atom is 0.240 e. The molecule has 0 radical (unpaired) electrons. The summed E-state index contributed by atoms with van der Waals surface area (Å²) in [5.74, 6) is -0.729. The maximum atomic E-state index is 11.9. The van der Waals surface area contributed by atoms with Crippen molar-refractivity contribution in [3.8, 4) is 0 Å². The molecule has 0 aromatic rings. The minimum atomic E-state index is -3.66. The second-order valence-electron chi connectivity index (χ2n) is 4.00. The smallest absolute Gasteiger partial charge is 0.240 e. The predicted octanol–water partition coefficient (Wildman–Crippen LogP) is -1.56. The van der Waals surface area contributed by atoms with Gasteiger partial charge in [0.25, 0.3) is 0 Å². The lowest BCUT2D eigenvalue weighted by Crippen LogP contribution is -2.51. The summed E-state index contributed by atoms with van der Waals surface area (Å²) in [6, 6.07) is -0.831. The molecular weight excluding hydrogens is 278 g/mol. The molecule has 1 aliphatic heterocycles. The molecule has 7 nitrogen and oxygen atoms in total. The number of nitrogens with zero attached hydrogens (tertiary/aromatic N) is 1. The molecule has 1 atom stereocenters. The molecule has 104 valence electrons. The van der Waals surface area contributed by atoms with E-state index in [4.69, 9.17) is 10.5 Å². The summed E-state index contributed by atoms with van der Waals surface area (Å²) >= 11 is 4.53. The molecule has 1 rings (SSSR count).